The van der Waals surface area contributed by atoms with Gasteiger partial charge >= 0.3 is 0 Å². The quantitative estimate of drug-likeness (QED) is 0.866. The lowest BCUT2D eigenvalue weighted by Crippen LogP contribution is -2.32. The van der Waals surface area contributed by atoms with Gasteiger partial charge in [0.05, 0.1) is 17.4 Å². The lowest BCUT2D eigenvalue weighted by Gasteiger charge is -2.30. The van der Waals surface area contributed by atoms with Gasteiger partial charge in [-0.25, -0.2) is 0 Å². The Morgan fingerprint density at radius 3 is 2.63 bits per heavy atom. The van der Waals surface area contributed by atoms with E-state index >= 15 is 0 Å². The molecule has 1 aromatic carbocycles. The van der Waals surface area contributed by atoms with Crippen molar-refractivity contribution in [3.8, 4) is 0 Å². The topological polar surface area (TPSA) is 37.8 Å². The highest BCUT2D eigenvalue weighted by Crippen LogP contribution is 2.31. The zero-order valence-electron chi connectivity index (χ0n) is 11.8. The fraction of sp³-hybridized carbons (Fsp3) is 0.467. The van der Waals surface area contributed by atoms with Crippen molar-refractivity contribution in [2.24, 2.45) is 0 Å². The molecule has 0 saturated carbocycles. The van der Waals surface area contributed by atoms with Crippen molar-refractivity contribution in [2.45, 2.75) is 31.4 Å². The summed E-state index contributed by atoms with van der Waals surface area (Å²) in [7, 11) is 0. The maximum atomic E-state index is 4.15. The number of hydrogen-bond donors (Lipinski definition) is 1. The van der Waals surface area contributed by atoms with Crippen LogP contribution in [0, 0.1) is 0 Å². The van der Waals surface area contributed by atoms with Gasteiger partial charge in [0.25, 0.3) is 0 Å². The van der Waals surface area contributed by atoms with Crippen molar-refractivity contribution in [3.63, 3.8) is 0 Å². The lowest BCUT2D eigenvalue weighted by molar-refractivity contribution is 0.575. The number of benzene rings is 1. The maximum Gasteiger partial charge on any atom is 0.0950 e. The largest absolute Gasteiger partial charge is 0.382 e. The molecular weight excluding hydrogens is 254 g/mol. The molecule has 1 N–H and O–H groups in total. The van der Waals surface area contributed by atoms with Crippen LogP contribution in [-0.4, -0.2) is 27.7 Å². The summed E-state index contributed by atoms with van der Waals surface area (Å²) >= 11 is 1.94. The van der Waals surface area contributed by atoms with E-state index in [1.54, 1.807) is 0 Å². The molecule has 3 nitrogen and oxygen atoms in total. The molecule has 0 aliphatic heterocycles. The summed E-state index contributed by atoms with van der Waals surface area (Å²) in [6.07, 6.45) is 6.33. The van der Waals surface area contributed by atoms with E-state index in [1.165, 1.54) is 0 Å². The Balaban J connectivity index is 2.22. The van der Waals surface area contributed by atoms with Gasteiger partial charge in [0.1, 0.15) is 0 Å². The molecule has 0 bridgehead atoms. The van der Waals surface area contributed by atoms with Crippen LogP contribution in [0.1, 0.15) is 26.7 Å². The molecule has 0 spiro atoms. The molecule has 0 aliphatic carbocycles. The first-order chi connectivity index (χ1) is 9.24. The fourth-order valence-electron chi connectivity index (χ4n) is 2.26. The van der Waals surface area contributed by atoms with E-state index in [0.717, 1.165) is 36.0 Å². The number of fused-ring (bicyclic) bond motifs is 1. The van der Waals surface area contributed by atoms with Crippen molar-refractivity contribution in [2.75, 3.05) is 18.1 Å². The minimum atomic E-state index is 0.296. The molecule has 0 saturated heterocycles. The van der Waals surface area contributed by atoms with E-state index in [1.807, 2.05) is 36.2 Å². The molecule has 0 atom stereocenters. The van der Waals surface area contributed by atoms with Crippen LogP contribution in [0.25, 0.3) is 10.9 Å². The molecule has 2 rings (SSSR count). The highest BCUT2D eigenvalue weighted by Gasteiger charge is 2.24. The second kappa shape index (κ2) is 6.24. The van der Waals surface area contributed by atoms with Crippen LogP contribution < -0.4 is 5.32 Å². The second-order valence-corrected chi connectivity index (χ2v) is 6.00. The number of thioether (sulfide) groups is 1. The van der Waals surface area contributed by atoms with E-state index in [2.05, 4.69) is 41.7 Å². The maximum absolute atomic E-state index is 4.15. The molecule has 0 radical (unpaired) electrons. The molecular formula is C15H21N3S. The molecule has 4 heteroatoms. The summed E-state index contributed by atoms with van der Waals surface area (Å²) in [5, 5.41) is 12.9. The van der Waals surface area contributed by atoms with Crippen LogP contribution in [0.3, 0.4) is 0 Å². The summed E-state index contributed by atoms with van der Waals surface area (Å²) in [6.45, 7) is 5.46. The SMILES string of the molecule is CCC(CC)(CNc1cnnc2ccccc12)SC. The summed E-state index contributed by atoms with van der Waals surface area (Å²) in [6, 6.07) is 8.11. The first-order valence-electron chi connectivity index (χ1n) is 6.74. The third-order valence-electron chi connectivity index (χ3n) is 3.87. The van der Waals surface area contributed by atoms with Crippen molar-refractivity contribution < 1.29 is 0 Å². The molecule has 102 valence electrons. The molecule has 0 fully saturated rings. The van der Waals surface area contributed by atoms with Crippen LogP contribution in [0.2, 0.25) is 0 Å². The van der Waals surface area contributed by atoms with E-state index in [0.29, 0.717) is 4.75 Å². The molecule has 1 aromatic heterocycles. The highest BCUT2D eigenvalue weighted by atomic mass is 32.2. The smallest absolute Gasteiger partial charge is 0.0950 e. The van der Waals surface area contributed by atoms with Gasteiger partial charge in [-0.2, -0.15) is 22.0 Å². The van der Waals surface area contributed by atoms with Crippen molar-refractivity contribution in [3.05, 3.63) is 30.5 Å². The Hall–Kier alpha value is -1.29. The van der Waals surface area contributed by atoms with Crippen LogP contribution >= 0.6 is 11.8 Å². The summed E-state index contributed by atoms with van der Waals surface area (Å²) in [5.41, 5.74) is 2.01. The lowest BCUT2D eigenvalue weighted by atomic mass is 10.0. The molecule has 1 heterocycles. The van der Waals surface area contributed by atoms with E-state index < -0.39 is 0 Å². The zero-order chi connectivity index (χ0) is 13.7. The number of nitrogens with one attached hydrogen (secondary N) is 1. The number of aromatic nitrogens is 2. The Kier molecular flexibility index (Phi) is 4.64. The van der Waals surface area contributed by atoms with E-state index in [9.17, 15) is 0 Å². The van der Waals surface area contributed by atoms with Gasteiger partial charge in [-0.1, -0.05) is 32.0 Å². The molecule has 19 heavy (non-hydrogen) atoms. The van der Waals surface area contributed by atoms with Crippen LogP contribution in [0.5, 0.6) is 0 Å². The Morgan fingerprint density at radius 1 is 1.21 bits per heavy atom. The van der Waals surface area contributed by atoms with E-state index in [-0.39, 0.29) is 0 Å². The van der Waals surface area contributed by atoms with Gasteiger partial charge in [-0.3, -0.25) is 0 Å². The van der Waals surface area contributed by atoms with Crippen LogP contribution in [0.4, 0.5) is 5.69 Å². The van der Waals surface area contributed by atoms with Crippen LogP contribution in [-0.2, 0) is 0 Å². The molecule has 0 unspecified atom stereocenters. The molecule has 0 amide bonds. The summed E-state index contributed by atoms with van der Waals surface area (Å²) in [5.74, 6) is 0. The molecule has 2 aromatic rings. The molecule has 0 aliphatic rings. The number of hydrogen-bond acceptors (Lipinski definition) is 4. The zero-order valence-corrected chi connectivity index (χ0v) is 12.6. The third kappa shape index (κ3) is 3.00. The number of anilines is 1. The number of rotatable bonds is 6. The first-order valence-corrected chi connectivity index (χ1v) is 7.96. The van der Waals surface area contributed by atoms with Gasteiger partial charge in [-0.05, 0) is 25.2 Å². The highest BCUT2D eigenvalue weighted by molar-refractivity contribution is 8.00. The van der Waals surface area contributed by atoms with Gasteiger partial charge < -0.3 is 5.32 Å². The second-order valence-electron chi connectivity index (χ2n) is 4.72. The summed E-state index contributed by atoms with van der Waals surface area (Å²) < 4.78 is 0.296. The van der Waals surface area contributed by atoms with Crippen molar-refractivity contribution in [1.82, 2.24) is 10.2 Å². The normalized spacial score (nSPS) is 11.7. The Bertz CT molecular complexity index is 524. The van der Waals surface area contributed by atoms with Crippen molar-refractivity contribution in [1.29, 1.82) is 0 Å². The average Bonchev–Trinajstić information content (AvgIpc) is 2.49. The predicted octanol–water partition coefficient (Wildman–Crippen LogP) is 3.96. The van der Waals surface area contributed by atoms with Crippen LogP contribution in [0.15, 0.2) is 30.5 Å². The van der Waals surface area contributed by atoms with Crippen molar-refractivity contribution >= 4 is 28.4 Å². The minimum absolute atomic E-state index is 0.296. The van der Waals surface area contributed by atoms with E-state index in [4.69, 9.17) is 0 Å². The Labute approximate surface area is 119 Å². The monoisotopic (exact) mass is 275 g/mol. The van der Waals surface area contributed by atoms with Gasteiger partial charge in [0.15, 0.2) is 0 Å². The summed E-state index contributed by atoms with van der Waals surface area (Å²) in [4.78, 5) is 0. The standard InChI is InChI=1S/C15H21N3S/c1-4-15(5-2,19-3)11-16-14-10-17-18-13-9-7-6-8-12(13)14/h6-10H,4-5,11H2,1-3H3,(H,16,18). The van der Waals surface area contributed by atoms with Gasteiger partial charge in [0, 0.05) is 16.7 Å². The van der Waals surface area contributed by atoms with Gasteiger partial charge in [0.2, 0.25) is 0 Å². The average molecular weight is 275 g/mol. The minimum Gasteiger partial charge on any atom is -0.382 e. The predicted molar refractivity (Wildman–Crippen MR) is 84.9 cm³/mol. The van der Waals surface area contributed by atoms with Gasteiger partial charge in [-0.15, -0.1) is 0 Å². The number of nitrogens with zero attached hydrogens (tertiary/aromatic N) is 2. The fourth-order valence-corrected chi connectivity index (χ4v) is 3.06. The first kappa shape index (κ1) is 14.1. The third-order valence-corrected chi connectivity index (χ3v) is 5.46. The Morgan fingerprint density at radius 2 is 1.95 bits per heavy atom.